The summed E-state index contributed by atoms with van der Waals surface area (Å²) in [5, 5.41) is 13.6. The van der Waals surface area contributed by atoms with E-state index >= 15 is 0 Å². The van der Waals surface area contributed by atoms with E-state index in [-0.39, 0.29) is 0 Å². The molecule has 1 unspecified atom stereocenters. The summed E-state index contributed by atoms with van der Waals surface area (Å²) in [6.07, 6.45) is 1.27. The second-order valence-corrected chi connectivity index (χ2v) is 3.15. The largest absolute Gasteiger partial charge is 0.479 e. The maximum absolute atomic E-state index is 10.4. The molecule has 0 aromatic heterocycles. The van der Waals surface area contributed by atoms with Crippen molar-refractivity contribution in [2.24, 2.45) is 5.10 Å². The lowest BCUT2D eigenvalue weighted by molar-refractivity contribution is -0.139. The summed E-state index contributed by atoms with van der Waals surface area (Å²) in [6.45, 7) is 0. The Morgan fingerprint density at radius 1 is 2.00 bits per heavy atom. The number of hydrazone groups is 1. The zero-order valence-electron chi connectivity index (χ0n) is 5.21. The van der Waals surface area contributed by atoms with Gasteiger partial charge in [-0.3, -0.25) is 0 Å². The summed E-state index contributed by atoms with van der Waals surface area (Å²) in [7, 11) is 1.61. The van der Waals surface area contributed by atoms with Crippen molar-refractivity contribution in [2.45, 2.75) is 4.45 Å². The molecule has 56 valence electrons. The smallest absolute Gasteiger partial charge is 0.342 e. The van der Waals surface area contributed by atoms with E-state index in [1.807, 2.05) is 0 Å². The average molecular weight is 208 g/mol. The molecule has 5 nitrogen and oxygen atoms in total. The summed E-state index contributed by atoms with van der Waals surface area (Å²) < 4.78 is -1.22. The van der Waals surface area contributed by atoms with Crippen LogP contribution >= 0.6 is 15.9 Å². The molecule has 0 spiro atoms. The highest BCUT2D eigenvalue weighted by Crippen LogP contribution is 2.16. The van der Waals surface area contributed by atoms with E-state index in [0.717, 1.165) is 0 Å². The molecule has 0 aliphatic carbocycles. The Bertz CT molecular complexity index is 195. The minimum Gasteiger partial charge on any atom is -0.479 e. The van der Waals surface area contributed by atoms with Crippen molar-refractivity contribution in [3.63, 3.8) is 0 Å². The van der Waals surface area contributed by atoms with Crippen molar-refractivity contribution in [2.75, 3.05) is 7.05 Å². The van der Waals surface area contributed by atoms with Gasteiger partial charge in [0.15, 0.2) is 0 Å². The number of aliphatic carboxylic acids is 1. The van der Waals surface area contributed by atoms with E-state index in [0.29, 0.717) is 0 Å². The van der Waals surface area contributed by atoms with Crippen molar-refractivity contribution in [1.29, 1.82) is 0 Å². The molecule has 0 saturated heterocycles. The first-order valence-corrected chi connectivity index (χ1v) is 3.33. The number of nitrogens with one attached hydrogen (secondary N) is 1. The summed E-state index contributed by atoms with van der Waals surface area (Å²) in [4.78, 5) is 10.4. The minimum absolute atomic E-state index is 1.01. The third-order valence-electron chi connectivity index (χ3n) is 1.04. The Balaban J connectivity index is 2.75. The molecule has 1 aliphatic rings. The van der Waals surface area contributed by atoms with Gasteiger partial charge in [-0.05, 0) is 15.9 Å². The van der Waals surface area contributed by atoms with Crippen molar-refractivity contribution in [3.05, 3.63) is 0 Å². The Morgan fingerprint density at radius 3 is 2.80 bits per heavy atom. The number of alkyl halides is 1. The lowest BCUT2D eigenvalue weighted by atomic mass is 10.3. The number of nitrogens with zero attached hydrogens (tertiary/aromatic N) is 2. The normalized spacial score (nSPS) is 31.2. The first-order valence-electron chi connectivity index (χ1n) is 2.53. The zero-order chi connectivity index (χ0) is 7.78. The molecule has 10 heavy (non-hydrogen) atoms. The molecule has 0 amide bonds. The quantitative estimate of drug-likeness (QED) is 0.454. The molecular formula is C4H6BrN3O2. The SMILES string of the molecule is CN1N=CC(Br)(C(=O)O)N1. The second-order valence-electron chi connectivity index (χ2n) is 1.90. The Kier molecular flexibility index (Phi) is 1.65. The van der Waals surface area contributed by atoms with Gasteiger partial charge >= 0.3 is 5.97 Å². The molecule has 0 aromatic carbocycles. The van der Waals surface area contributed by atoms with Crippen LogP contribution in [0.15, 0.2) is 5.10 Å². The van der Waals surface area contributed by atoms with E-state index in [2.05, 4.69) is 26.5 Å². The molecule has 0 aromatic rings. The lowest BCUT2D eigenvalue weighted by Crippen LogP contribution is -2.48. The highest BCUT2D eigenvalue weighted by molar-refractivity contribution is 9.10. The van der Waals surface area contributed by atoms with Crippen LogP contribution < -0.4 is 5.43 Å². The molecule has 1 heterocycles. The van der Waals surface area contributed by atoms with Crippen LogP contribution in [0.1, 0.15) is 0 Å². The summed E-state index contributed by atoms with van der Waals surface area (Å²) in [5.74, 6) is -1.01. The Hall–Kier alpha value is -0.620. The summed E-state index contributed by atoms with van der Waals surface area (Å²) >= 11 is 2.95. The predicted octanol–water partition coefficient (Wildman–Crippen LogP) is -0.402. The predicted molar refractivity (Wildman–Crippen MR) is 38.7 cm³/mol. The van der Waals surface area contributed by atoms with Crippen LogP contribution in [0.5, 0.6) is 0 Å². The molecule has 0 bridgehead atoms. The van der Waals surface area contributed by atoms with Crippen LogP contribution in [-0.2, 0) is 4.79 Å². The van der Waals surface area contributed by atoms with Crippen LogP contribution in [0.4, 0.5) is 0 Å². The Morgan fingerprint density at radius 2 is 2.60 bits per heavy atom. The molecule has 1 aliphatic heterocycles. The third-order valence-corrected chi connectivity index (χ3v) is 1.77. The summed E-state index contributed by atoms with van der Waals surface area (Å²) in [6, 6.07) is 0. The van der Waals surface area contributed by atoms with Gasteiger partial charge in [0.1, 0.15) is 0 Å². The fourth-order valence-electron chi connectivity index (χ4n) is 0.562. The van der Waals surface area contributed by atoms with Crippen molar-refractivity contribution in [1.82, 2.24) is 10.5 Å². The Labute approximate surface area is 65.8 Å². The first-order chi connectivity index (χ1) is 4.54. The summed E-state index contributed by atoms with van der Waals surface area (Å²) in [5.41, 5.74) is 2.56. The van der Waals surface area contributed by atoms with E-state index < -0.39 is 10.4 Å². The van der Waals surface area contributed by atoms with E-state index in [4.69, 9.17) is 5.11 Å². The fraction of sp³-hybridized carbons (Fsp3) is 0.500. The van der Waals surface area contributed by atoms with Crippen LogP contribution in [0.3, 0.4) is 0 Å². The van der Waals surface area contributed by atoms with Gasteiger partial charge in [-0.25, -0.2) is 9.91 Å². The maximum Gasteiger partial charge on any atom is 0.342 e. The molecular weight excluding hydrogens is 202 g/mol. The van der Waals surface area contributed by atoms with Gasteiger partial charge in [-0.2, -0.15) is 10.5 Å². The fourth-order valence-corrected chi connectivity index (χ4v) is 0.911. The number of carbonyl (C=O) groups is 1. The molecule has 2 N–H and O–H groups in total. The second kappa shape index (κ2) is 2.21. The van der Waals surface area contributed by atoms with E-state index in [9.17, 15) is 4.79 Å². The van der Waals surface area contributed by atoms with E-state index in [1.165, 1.54) is 11.3 Å². The van der Waals surface area contributed by atoms with Gasteiger partial charge in [0.05, 0.1) is 6.21 Å². The van der Waals surface area contributed by atoms with Crippen molar-refractivity contribution < 1.29 is 9.90 Å². The van der Waals surface area contributed by atoms with Crippen LogP contribution in [-0.4, -0.2) is 33.9 Å². The number of hydrogen-bond acceptors (Lipinski definition) is 4. The standard InChI is InChI=1S/C4H6BrN3O2/c1-8-6-2-4(5,7-8)3(9)10/h2,7H,1H3,(H,9,10). The molecule has 0 saturated carbocycles. The minimum atomic E-state index is -1.22. The molecule has 1 atom stereocenters. The highest BCUT2D eigenvalue weighted by Gasteiger charge is 2.38. The van der Waals surface area contributed by atoms with Gasteiger partial charge in [0.25, 0.3) is 0 Å². The molecule has 1 rings (SSSR count). The van der Waals surface area contributed by atoms with Gasteiger partial charge in [0.2, 0.25) is 4.45 Å². The average Bonchev–Trinajstić information content (AvgIpc) is 2.13. The van der Waals surface area contributed by atoms with E-state index in [1.54, 1.807) is 7.05 Å². The molecule has 0 fully saturated rings. The highest BCUT2D eigenvalue weighted by atomic mass is 79.9. The number of carboxylic acid groups (broad SMARTS) is 1. The van der Waals surface area contributed by atoms with Crippen molar-refractivity contribution in [3.8, 4) is 0 Å². The number of rotatable bonds is 1. The zero-order valence-corrected chi connectivity index (χ0v) is 6.79. The topological polar surface area (TPSA) is 64.9 Å². The number of hydrazine groups is 1. The van der Waals surface area contributed by atoms with Gasteiger partial charge < -0.3 is 5.11 Å². The molecule has 0 radical (unpaired) electrons. The number of halogens is 1. The van der Waals surface area contributed by atoms with Crippen LogP contribution in [0.25, 0.3) is 0 Å². The molecule has 6 heteroatoms. The van der Waals surface area contributed by atoms with Gasteiger partial charge in [-0.15, -0.1) is 0 Å². The van der Waals surface area contributed by atoms with Crippen LogP contribution in [0, 0.1) is 0 Å². The van der Waals surface area contributed by atoms with Crippen molar-refractivity contribution >= 4 is 28.1 Å². The third kappa shape index (κ3) is 1.12. The first kappa shape index (κ1) is 7.49. The number of carboxylic acids is 1. The van der Waals surface area contributed by atoms with Crippen LogP contribution in [0.2, 0.25) is 0 Å². The maximum atomic E-state index is 10.4. The number of hydrogen-bond donors (Lipinski definition) is 2. The van der Waals surface area contributed by atoms with Gasteiger partial charge in [0, 0.05) is 7.05 Å². The van der Waals surface area contributed by atoms with Gasteiger partial charge in [-0.1, -0.05) is 0 Å². The lowest BCUT2D eigenvalue weighted by Gasteiger charge is -2.15. The monoisotopic (exact) mass is 207 g/mol.